The van der Waals surface area contributed by atoms with E-state index in [1.54, 1.807) is 0 Å². The molecule has 96 valence electrons. The van der Waals surface area contributed by atoms with Crippen LogP contribution >= 0.6 is 0 Å². The minimum Gasteiger partial charge on any atom is -0.488 e. The first kappa shape index (κ1) is 14.0. The van der Waals surface area contributed by atoms with Gasteiger partial charge in [-0.15, -0.1) is 0 Å². The number of para-hydroxylation sites is 1. The van der Waals surface area contributed by atoms with Crippen molar-refractivity contribution < 1.29 is 4.74 Å². The van der Waals surface area contributed by atoms with E-state index in [-0.39, 0.29) is 17.6 Å². The standard InChI is InChI=1S/C15H25NO/c1-6-12-9-7-8-10-13(12)17-14(11(2)16)15(3,4)5/h7-11,14H,6,16H2,1-5H3. The maximum Gasteiger partial charge on any atom is 0.123 e. The van der Waals surface area contributed by atoms with Crippen LogP contribution in [0.4, 0.5) is 0 Å². The van der Waals surface area contributed by atoms with E-state index in [0.717, 1.165) is 12.2 Å². The number of hydrogen-bond donors (Lipinski definition) is 1. The Bertz CT molecular complexity index is 352. The molecule has 17 heavy (non-hydrogen) atoms. The number of aryl methyl sites for hydroxylation is 1. The Labute approximate surface area is 105 Å². The molecule has 0 aliphatic rings. The van der Waals surface area contributed by atoms with Gasteiger partial charge in [-0.1, -0.05) is 45.9 Å². The summed E-state index contributed by atoms with van der Waals surface area (Å²) in [5.41, 5.74) is 7.31. The van der Waals surface area contributed by atoms with Gasteiger partial charge >= 0.3 is 0 Å². The van der Waals surface area contributed by atoms with Crippen molar-refractivity contribution >= 4 is 0 Å². The van der Waals surface area contributed by atoms with E-state index in [0.29, 0.717) is 0 Å². The number of rotatable bonds is 4. The van der Waals surface area contributed by atoms with Crippen molar-refractivity contribution in [1.82, 2.24) is 0 Å². The van der Waals surface area contributed by atoms with Crippen molar-refractivity contribution in [2.24, 2.45) is 11.1 Å². The molecule has 0 radical (unpaired) electrons. The van der Waals surface area contributed by atoms with E-state index < -0.39 is 0 Å². The Morgan fingerprint density at radius 2 is 1.82 bits per heavy atom. The lowest BCUT2D eigenvalue weighted by Crippen LogP contribution is -2.45. The highest BCUT2D eigenvalue weighted by atomic mass is 16.5. The number of benzene rings is 1. The van der Waals surface area contributed by atoms with Gasteiger partial charge in [-0.25, -0.2) is 0 Å². The summed E-state index contributed by atoms with van der Waals surface area (Å²) in [5, 5.41) is 0. The summed E-state index contributed by atoms with van der Waals surface area (Å²) in [6.07, 6.45) is 1.00. The fourth-order valence-electron chi connectivity index (χ4n) is 2.12. The summed E-state index contributed by atoms with van der Waals surface area (Å²) in [6.45, 7) is 10.6. The molecule has 2 atom stereocenters. The highest BCUT2D eigenvalue weighted by Gasteiger charge is 2.30. The van der Waals surface area contributed by atoms with Gasteiger partial charge in [0.2, 0.25) is 0 Å². The third kappa shape index (κ3) is 3.74. The summed E-state index contributed by atoms with van der Waals surface area (Å²) in [4.78, 5) is 0. The average Bonchev–Trinajstić information content (AvgIpc) is 2.24. The topological polar surface area (TPSA) is 35.2 Å². The monoisotopic (exact) mass is 235 g/mol. The van der Waals surface area contributed by atoms with Crippen LogP contribution in [0.3, 0.4) is 0 Å². The quantitative estimate of drug-likeness (QED) is 0.868. The molecular formula is C15H25NO. The molecular weight excluding hydrogens is 210 g/mol. The second-order valence-corrected chi connectivity index (χ2v) is 5.72. The highest BCUT2D eigenvalue weighted by Crippen LogP contribution is 2.28. The van der Waals surface area contributed by atoms with Gasteiger partial charge in [0.25, 0.3) is 0 Å². The van der Waals surface area contributed by atoms with E-state index in [1.807, 2.05) is 25.1 Å². The molecule has 1 aromatic rings. The SMILES string of the molecule is CCc1ccccc1OC(C(C)N)C(C)(C)C. The maximum atomic E-state index is 6.14. The molecule has 0 saturated heterocycles. The van der Waals surface area contributed by atoms with Crippen LogP contribution < -0.4 is 10.5 Å². The highest BCUT2D eigenvalue weighted by molar-refractivity contribution is 5.33. The van der Waals surface area contributed by atoms with Crippen LogP contribution in [0.1, 0.15) is 40.2 Å². The minimum absolute atomic E-state index is 0.0138. The van der Waals surface area contributed by atoms with Gasteiger partial charge in [0.1, 0.15) is 11.9 Å². The van der Waals surface area contributed by atoms with Crippen molar-refractivity contribution in [2.45, 2.75) is 53.2 Å². The third-order valence-corrected chi connectivity index (χ3v) is 2.94. The smallest absolute Gasteiger partial charge is 0.123 e. The van der Waals surface area contributed by atoms with Gasteiger partial charge < -0.3 is 10.5 Å². The first-order chi connectivity index (χ1) is 7.86. The number of ether oxygens (including phenoxy) is 1. The lowest BCUT2D eigenvalue weighted by molar-refractivity contribution is 0.0676. The Morgan fingerprint density at radius 3 is 2.29 bits per heavy atom. The molecule has 0 aliphatic heterocycles. The van der Waals surface area contributed by atoms with Crippen LogP contribution in [0.15, 0.2) is 24.3 Å². The van der Waals surface area contributed by atoms with Crippen LogP contribution in [-0.4, -0.2) is 12.1 Å². The molecule has 0 spiro atoms. The molecule has 1 aromatic carbocycles. The zero-order chi connectivity index (χ0) is 13.1. The van der Waals surface area contributed by atoms with Crippen molar-refractivity contribution in [2.75, 3.05) is 0 Å². The van der Waals surface area contributed by atoms with Gasteiger partial charge in [-0.2, -0.15) is 0 Å². The first-order valence-electron chi connectivity index (χ1n) is 6.36. The Morgan fingerprint density at radius 1 is 1.24 bits per heavy atom. The van der Waals surface area contributed by atoms with Gasteiger partial charge in [0.15, 0.2) is 0 Å². The van der Waals surface area contributed by atoms with Gasteiger partial charge in [-0.3, -0.25) is 0 Å². The second-order valence-electron chi connectivity index (χ2n) is 5.72. The van der Waals surface area contributed by atoms with Gasteiger partial charge in [0.05, 0.1) is 0 Å². The lowest BCUT2D eigenvalue weighted by Gasteiger charge is -2.34. The molecule has 0 saturated carbocycles. The van der Waals surface area contributed by atoms with Gasteiger partial charge in [0, 0.05) is 11.5 Å². The Kier molecular flexibility index (Phi) is 4.58. The fraction of sp³-hybridized carbons (Fsp3) is 0.600. The van der Waals surface area contributed by atoms with Crippen molar-refractivity contribution in [3.05, 3.63) is 29.8 Å². The van der Waals surface area contributed by atoms with Crippen molar-refractivity contribution in [1.29, 1.82) is 0 Å². The molecule has 2 nitrogen and oxygen atoms in total. The molecule has 0 fully saturated rings. The minimum atomic E-state index is 0.0138. The fourth-order valence-corrected chi connectivity index (χ4v) is 2.12. The molecule has 0 amide bonds. The molecule has 0 aliphatic carbocycles. The summed E-state index contributed by atoms with van der Waals surface area (Å²) in [7, 11) is 0. The molecule has 2 heteroatoms. The van der Waals surface area contributed by atoms with Gasteiger partial charge in [-0.05, 0) is 25.0 Å². The predicted octanol–water partition coefficient (Wildman–Crippen LogP) is 3.39. The van der Waals surface area contributed by atoms with Crippen LogP contribution in [0.2, 0.25) is 0 Å². The number of hydrogen-bond acceptors (Lipinski definition) is 2. The van der Waals surface area contributed by atoms with Crippen molar-refractivity contribution in [3.8, 4) is 5.75 Å². The normalized spacial score (nSPS) is 15.4. The Balaban J connectivity index is 2.94. The maximum absolute atomic E-state index is 6.14. The molecule has 0 heterocycles. The molecule has 0 aromatic heterocycles. The molecule has 2 unspecified atom stereocenters. The third-order valence-electron chi connectivity index (χ3n) is 2.94. The van der Waals surface area contributed by atoms with Crippen LogP contribution in [0.25, 0.3) is 0 Å². The number of nitrogens with two attached hydrogens (primary N) is 1. The Hall–Kier alpha value is -1.02. The lowest BCUT2D eigenvalue weighted by atomic mass is 9.85. The largest absolute Gasteiger partial charge is 0.488 e. The zero-order valence-electron chi connectivity index (χ0n) is 11.7. The van der Waals surface area contributed by atoms with Crippen LogP contribution in [0.5, 0.6) is 5.75 Å². The molecule has 2 N–H and O–H groups in total. The van der Waals surface area contributed by atoms with E-state index in [4.69, 9.17) is 10.5 Å². The van der Waals surface area contributed by atoms with E-state index in [2.05, 4.69) is 33.8 Å². The van der Waals surface area contributed by atoms with Crippen LogP contribution in [-0.2, 0) is 6.42 Å². The molecule has 1 rings (SSSR count). The van der Waals surface area contributed by atoms with Crippen molar-refractivity contribution in [3.63, 3.8) is 0 Å². The average molecular weight is 235 g/mol. The van der Waals surface area contributed by atoms with E-state index >= 15 is 0 Å². The molecule has 0 bridgehead atoms. The summed E-state index contributed by atoms with van der Waals surface area (Å²) in [5.74, 6) is 0.965. The second kappa shape index (κ2) is 5.54. The zero-order valence-corrected chi connectivity index (χ0v) is 11.7. The van der Waals surface area contributed by atoms with Crippen LogP contribution in [0, 0.1) is 5.41 Å². The summed E-state index contributed by atoms with van der Waals surface area (Å²) >= 11 is 0. The van der Waals surface area contributed by atoms with E-state index in [1.165, 1.54) is 5.56 Å². The first-order valence-corrected chi connectivity index (χ1v) is 6.36. The summed E-state index contributed by atoms with van der Waals surface area (Å²) in [6, 6.07) is 8.20. The summed E-state index contributed by atoms with van der Waals surface area (Å²) < 4.78 is 6.14. The van der Waals surface area contributed by atoms with E-state index in [9.17, 15) is 0 Å². The predicted molar refractivity (Wildman–Crippen MR) is 73.3 cm³/mol.